The van der Waals surface area contributed by atoms with E-state index in [-0.39, 0.29) is 12.0 Å². The van der Waals surface area contributed by atoms with E-state index in [0.717, 1.165) is 31.6 Å². The number of aliphatic hydroxyl groups is 1. The second kappa shape index (κ2) is 4.68. The summed E-state index contributed by atoms with van der Waals surface area (Å²) < 4.78 is 2.14. The van der Waals surface area contributed by atoms with Crippen LogP contribution in [0.5, 0.6) is 0 Å². The van der Waals surface area contributed by atoms with E-state index >= 15 is 0 Å². The fraction of sp³-hybridized carbons (Fsp3) is 0.471. The first-order chi connectivity index (χ1) is 10.2. The first-order valence-corrected chi connectivity index (χ1v) is 7.74. The van der Waals surface area contributed by atoms with Gasteiger partial charge < -0.3 is 15.0 Å². The molecule has 2 N–H and O–H groups in total. The molecule has 3 unspecified atom stereocenters. The summed E-state index contributed by atoms with van der Waals surface area (Å²) in [5.74, 6) is 0.262. The second-order valence-electron chi connectivity index (χ2n) is 6.45. The van der Waals surface area contributed by atoms with Crippen LogP contribution in [0.3, 0.4) is 0 Å². The van der Waals surface area contributed by atoms with Crippen molar-refractivity contribution >= 4 is 0 Å². The summed E-state index contributed by atoms with van der Waals surface area (Å²) in [6.45, 7) is 3.93. The van der Waals surface area contributed by atoms with Crippen LogP contribution in [0.2, 0.25) is 0 Å². The van der Waals surface area contributed by atoms with Gasteiger partial charge in [0.1, 0.15) is 0 Å². The summed E-state index contributed by atoms with van der Waals surface area (Å²) in [6.07, 6.45) is 5.95. The summed E-state index contributed by atoms with van der Waals surface area (Å²) >= 11 is 0. The minimum absolute atomic E-state index is 0.0453. The molecule has 3 atom stereocenters. The van der Waals surface area contributed by atoms with Crippen molar-refractivity contribution in [3.63, 3.8) is 0 Å². The van der Waals surface area contributed by atoms with Gasteiger partial charge in [0.25, 0.3) is 0 Å². The molecule has 0 bridgehead atoms. The maximum absolute atomic E-state index is 11.4. The van der Waals surface area contributed by atoms with Crippen molar-refractivity contribution in [3.05, 3.63) is 42.4 Å². The molecule has 1 saturated heterocycles. The molecule has 0 spiro atoms. The average molecular weight is 283 g/mol. The second-order valence-corrected chi connectivity index (χ2v) is 6.45. The maximum Gasteiger partial charge on any atom is 0.0957 e. The monoisotopic (exact) mass is 283 g/mol. The van der Waals surface area contributed by atoms with Gasteiger partial charge in [0.2, 0.25) is 0 Å². The predicted octanol–water partition coefficient (Wildman–Crippen LogP) is 2.20. The van der Waals surface area contributed by atoms with Gasteiger partial charge in [0.15, 0.2) is 0 Å². The fourth-order valence-electron chi connectivity index (χ4n) is 4.01. The number of hydrogen-bond donors (Lipinski definition) is 2. The molecule has 4 nitrogen and oxygen atoms in total. The van der Waals surface area contributed by atoms with Gasteiger partial charge in [0, 0.05) is 18.0 Å². The van der Waals surface area contributed by atoms with E-state index in [1.54, 1.807) is 0 Å². The van der Waals surface area contributed by atoms with Crippen molar-refractivity contribution in [2.24, 2.45) is 5.92 Å². The van der Waals surface area contributed by atoms with Crippen molar-refractivity contribution < 1.29 is 5.11 Å². The van der Waals surface area contributed by atoms with Crippen molar-refractivity contribution in [3.8, 4) is 11.3 Å². The van der Waals surface area contributed by atoms with Crippen LogP contribution in [0.1, 0.15) is 31.4 Å². The highest BCUT2D eigenvalue weighted by Gasteiger charge is 2.45. The van der Waals surface area contributed by atoms with E-state index in [2.05, 4.69) is 39.1 Å². The summed E-state index contributed by atoms with van der Waals surface area (Å²) in [5, 5.41) is 14.8. The van der Waals surface area contributed by atoms with Crippen LogP contribution in [0, 0.1) is 5.92 Å². The van der Waals surface area contributed by atoms with Crippen LogP contribution >= 0.6 is 0 Å². The number of piperidine rings is 1. The molecular formula is C17H21N3O. The molecule has 4 rings (SSSR count). The zero-order chi connectivity index (χ0) is 14.4. The molecule has 0 radical (unpaired) electrons. The van der Waals surface area contributed by atoms with Crippen molar-refractivity contribution in [1.29, 1.82) is 0 Å². The number of nitrogens with one attached hydrogen (secondary N) is 1. The zero-order valence-corrected chi connectivity index (χ0v) is 12.3. The van der Waals surface area contributed by atoms with E-state index < -0.39 is 5.60 Å². The molecule has 2 aliphatic rings. The molecule has 1 aromatic carbocycles. The molecule has 110 valence electrons. The Kier molecular flexibility index (Phi) is 2.91. The molecule has 2 aliphatic heterocycles. The van der Waals surface area contributed by atoms with E-state index in [1.165, 1.54) is 11.1 Å². The lowest BCUT2D eigenvalue weighted by atomic mass is 9.76. The highest BCUT2D eigenvalue weighted by molar-refractivity contribution is 5.69. The van der Waals surface area contributed by atoms with Gasteiger partial charge in [-0.05, 0) is 31.9 Å². The fourth-order valence-corrected chi connectivity index (χ4v) is 4.01. The molecular weight excluding hydrogens is 262 g/mol. The number of aromatic nitrogens is 2. The number of benzene rings is 1. The number of hydrogen-bond acceptors (Lipinski definition) is 3. The van der Waals surface area contributed by atoms with Gasteiger partial charge in [-0.3, -0.25) is 0 Å². The van der Waals surface area contributed by atoms with Gasteiger partial charge in [-0.2, -0.15) is 0 Å². The molecule has 0 aliphatic carbocycles. The largest absolute Gasteiger partial charge is 0.387 e. The molecule has 4 heteroatoms. The van der Waals surface area contributed by atoms with Gasteiger partial charge in [-0.1, -0.05) is 24.3 Å². The summed E-state index contributed by atoms with van der Waals surface area (Å²) in [4.78, 5) is 4.29. The lowest BCUT2D eigenvalue weighted by molar-refractivity contribution is -0.0409. The standard InChI is InChI=1S/C17H21N3O/c1-17(21,12-5-4-8-18-9-12)16-14-7-3-2-6-13(14)15-10-19-11-20(15)16/h2-3,6-7,10-12,16,18,21H,4-5,8-9H2,1H3. The van der Waals surface area contributed by atoms with Crippen LogP contribution in [0.15, 0.2) is 36.8 Å². The Balaban J connectivity index is 1.81. The van der Waals surface area contributed by atoms with Crippen LogP contribution in [0.25, 0.3) is 11.3 Å². The number of rotatable bonds is 2. The zero-order valence-electron chi connectivity index (χ0n) is 12.3. The van der Waals surface area contributed by atoms with Crippen LogP contribution in [-0.2, 0) is 0 Å². The number of fused-ring (bicyclic) bond motifs is 3. The van der Waals surface area contributed by atoms with E-state index in [0.29, 0.717) is 0 Å². The Morgan fingerprint density at radius 3 is 3.05 bits per heavy atom. The summed E-state index contributed by atoms with van der Waals surface area (Å²) in [6, 6.07) is 8.32. The highest BCUT2D eigenvalue weighted by Crippen LogP contribution is 2.47. The van der Waals surface area contributed by atoms with Crippen LogP contribution in [-0.4, -0.2) is 33.3 Å². The predicted molar refractivity (Wildman–Crippen MR) is 82.0 cm³/mol. The molecule has 3 heterocycles. The van der Waals surface area contributed by atoms with Gasteiger partial charge in [-0.15, -0.1) is 0 Å². The SMILES string of the molecule is CC(O)(C1CCCNC1)C1c2ccccc2-c2cncn21. The first-order valence-electron chi connectivity index (χ1n) is 7.74. The Bertz CT molecular complexity index is 656. The highest BCUT2D eigenvalue weighted by atomic mass is 16.3. The molecule has 1 aromatic heterocycles. The van der Waals surface area contributed by atoms with E-state index in [4.69, 9.17) is 0 Å². The third-order valence-electron chi connectivity index (χ3n) is 5.15. The maximum atomic E-state index is 11.4. The summed E-state index contributed by atoms with van der Waals surface area (Å²) in [7, 11) is 0. The Morgan fingerprint density at radius 2 is 2.24 bits per heavy atom. The smallest absolute Gasteiger partial charge is 0.0957 e. The first kappa shape index (κ1) is 13.0. The summed E-state index contributed by atoms with van der Waals surface area (Å²) in [5.41, 5.74) is 2.74. The van der Waals surface area contributed by atoms with Gasteiger partial charge in [0.05, 0.1) is 29.9 Å². The van der Waals surface area contributed by atoms with Gasteiger partial charge in [-0.25, -0.2) is 4.98 Å². The molecule has 1 fully saturated rings. The van der Waals surface area contributed by atoms with E-state index in [1.807, 2.05) is 19.4 Å². The van der Waals surface area contributed by atoms with Crippen molar-refractivity contribution in [2.45, 2.75) is 31.4 Å². The lowest BCUT2D eigenvalue weighted by Crippen LogP contribution is -2.49. The normalized spacial score (nSPS) is 27.0. The number of imidazole rings is 1. The molecule has 2 aromatic rings. The van der Waals surface area contributed by atoms with Crippen LogP contribution in [0.4, 0.5) is 0 Å². The minimum Gasteiger partial charge on any atom is -0.387 e. The Hall–Kier alpha value is -1.65. The lowest BCUT2D eigenvalue weighted by Gasteiger charge is -2.41. The average Bonchev–Trinajstić information content (AvgIpc) is 3.08. The minimum atomic E-state index is -0.782. The van der Waals surface area contributed by atoms with E-state index in [9.17, 15) is 5.11 Å². The topological polar surface area (TPSA) is 50.1 Å². The van der Waals surface area contributed by atoms with Crippen LogP contribution < -0.4 is 5.32 Å². The third-order valence-corrected chi connectivity index (χ3v) is 5.15. The third kappa shape index (κ3) is 1.86. The molecule has 0 amide bonds. The Labute approximate surface area is 124 Å². The number of nitrogens with zero attached hydrogens (tertiary/aromatic N) is 2. The van der Waals surface area contributed by atoms with Crippen molar-refractivity contribution in [2.75, 3.05) is 13.1 Å². The molecule has 21 heavy (non-hydrogen) atoms. The Morgan fingerprint density at radius 1 is 1.38 bits per heavy atom. The van der Waals surface area contributed by atoms with Crippen molar-refractivity contribution in [1.82, 2.24) is 14.9 Å². The molecule has 0 saturated carbocycles. The van der Waals surface area contributed by atoms with Gasteiger partial charge >= 0.3 is 0 Å². The quantitative estimate of drug-likeness (QED) is 0.888.